The predicted molar refractivity (Wildman–Crippen MR) is 75.8 cm³/mol. The van der Waals surface area contributed by atoms with Crippen LogP contribution >= 0.6 is 0 Å². The lowest BCUT2D eigenvalue weighted by atomic mass is 10.0. The zero-order valence-corrected chi connectivity index (χ0v) is 10.7. The fourth-order valence-electron chi connectivity index (χ4n) is 2.05. The molecule has 0 aliphatic carbocycles. The maximum atomic E-state index is 5.67. The van der Waals surface area contributed by atoms with Gasteiger partial charge in [-0.15, -0.1) is 0 Å². The lowest BCUT2D eigenvalue weighted by Crippen LogP contribution is -2.02. The first-order valence-electron chi connectivity index (χ1n) is 6.36. The molecule has 2 rings (SSSR count). The van der Waals surface area contributed by atoms with Crippen molar-refractivity contribution >= 4 is 0 Å². The molecule has 0 aliphatic rings. The van der Waals surface area contributed by atoms with Gasteiger partial charge in [0.25, 0.3) is 0 Å². The minimum atomic E-state index is 0.677. The molecule has 2 nitrogen and oxygen atoms in total. The van der Waals surface area contributed by atoms with E-state index in [4.69, 9.17) is 10.5 Å². The number of hydrogen-bond acceptors (Lipinski definition) is 2. The van der Waals surface area contributed by atoms with E-state index in [1.165, 1.54) is 11.1 Å². The molecule has 0 aliphatic heterocycles. The molecule has 94 valence electrons. The maximum Gasteiger partial charge on any atom is 0.127 e. The van der Waals surface area contributed by atoms with E-state index < -0.39 is 0 Å². The molecule has 0 aromatic heterocycles. The quantitative estimate of drug-likeness (QED) is 0.872. The number of ether oxygens (including phenoxy) is 1. The highest BCUT2D eigenvalue weighted by molar-refractivity contribution is 5.70. The first-order chi connectivity index (χ1) is 8.85. The summed E-state index contributed by atoms with van der Waals surface area (Å²) in [5.41, 5.74) is 9.19. The van der Waals surface area contributed by atoms with E-state index in [0.29, 0.717) is 13.2 Å². The first-order valence-corrected chi connectivity index (χ1v) is 6.36. The second-order valence-electron chi connectivity index (χ2n) is 4.17. The van der Waals surface area contributed by atoms with Crippen molar-refractivity contribution in [1.82, 2.24) is 0 Å². The lowest BCUT2D eigenvalue weighted by Gasteiger charge is -2.11. The smallest absolute Gasteiger partial charge is 0.127 e. The monoisotopic (exact) mass is 241 g/mol. The van der Waals surface area contributed by atoms with Crippen LogP contribution in [0.2, 0.25) is 0 Å². The molecule has 2 aromatic rings. The molecule has 2 N–H and O–H groups in total. The third kappa shape index (κ3) is 2.90. The van der Waals surface area contributed by atoms with Crippen molar-refractivity contribution in [3.63, 3.8) is 0 Å². The molecule has 0 saturated heterocycles. The van der Waals surface area contributed by atoms with Crippen LogP contribution in [0.4, 0.5) is 0 Å². The Bertz CT molecular complexity index is 508. The predicted octanol–water partition coefficient (Wildman–Crippen LogP) is 3.25. The highest BCUT2D eigenvalue weighted by atomic mass is 16.5. The average molecular weight is 241 g/mol. The Morgan fingerprint density at radius 2 is 1.89 bits per heavy atom. The van der Waals surface area contributed by atoms with Gasteiger partial charge in [-0.2, -0.15) is 0 Å². The summed E-state index contributed by atoms with van der Waals surface area (Å²) in [4.78, 5) is 0. The molecule has 0 radical (unpaired) electrons. The van der Waals surface area contributed by atoms with Gasteiger partial charge in [0.1, 0.15) is 5.75 Å². The molecular formula is C16H19NO. The van der Waals surface area contributed by atoms with Crippen molar-refractivity contribution in [1.29, 1.82) is 0 Å². The van der Waals surface area contributed by atoms with Crippen LogP contribution in [0.25, 0.3) is 11.1 Å². The molecule has 2 heteroatoms. The lowest BCUT2D eigenvalue weighted by molar-refractivity contribution is 0.341. The Hall–Kier alpha value is -1.80. The van der Waals surface area contributed by atoms with Gasteiger partial charge in [-0.3, -0.25) is 0 Å². The summed E-state index contributed by atoms with van der Waals surface area (Å²) in [5.74, 6) is 0.935. The van der Waals surface area contributed by atoms with E-state index in [1.54, 1.807) is 0 Å². The van der Waals surface area contributed by atoms with Crippen LogP contribution in [0.3, 0.4) is 0 Å². The zero-order chi connectivity index (χ0) is 12.8. The van der Waals surface area contributed by atoms with E-state index in [9.17, 15) is 0 Å². The Labute approximate surface area is 108 Å². The summed E-state index contributed by atoms with van der Waals surface area (Å²) < 4.78 is 5.67. The molecule has 0 heterocycles. The molecule has 0 fully saturated rings. The Morgan fingerprint density at radius 3 is 2.67 bits per heavy atom. The second kappa shape index (κ2) is 6.22. The first kappa shape index (κ1) is 12.7. The van der Waals surface area contributed by atoms with Crippen LogP contribution in [-0.4, -0.2) is 13.2 Å². The summed E-state index contributed by atoms with van der Waals surface area (Å²) in [6.07, 6.45) is 0.907. The Morgan fingerprint density at radius 1 is 1.06 bits per heavy atom. The Kier molecular flexibility index (Phi) is 4.37. The molecule has 0 saturated carbocycles. The van der Waals surface area contributed by atoms with E-state index in [0.717, 1.165) is 17.7 Å². The topological polar surface area (TPSA) is 35.2 Å². The van der Waals surface area contributed by atoms with Crippen LogP contribution in [0.15, 0.2) is 48.5 Å². The standard InChI is InChI=1S/C16H19NO/c1-2-18-16-9-4-3-8-15(16)14-7-5-6-13(12-14)10-11-17/h3-9,12H,2,10-11,17H2,1H3. The Balaban J connectivity index is 2.38. The summed E-state index contributed by atoms with van der Waals surface area (Å²) >= 11 is 0. The van der Waals surface area contributed by atoms with Gasteiger partial charge in [0, 0.05) is 5.56 Å². The summed E-state index contributed by atoms with van der Waals surface area (Å²) in [6, 6.07) is 16.6. The van der Waals surface area contributed by atoms with Crippen molar-refractivity contribution in [2.75, 3.05) is 13.2 Å². The molecule has 0 amide bonds. The largest absolute Gasteiger partial charge is 0.493 e. The minimum absolute atomic E-state index is 0.677. The van der Waals surface area contributed by atoms with Crippen LogP contribution in [0.5, 0.6) is 5.75 Å². The molecule has 18 heavy (non-hydrogen) atoms. The third-order valence-corrected chi connectivity index (χ3v) is 2.86. The van der Waals surface area contributed by atoms with Crippen LogP contribution in [0, 0.1) is 0 Å². The van der Waals surface area contributed by atoms with Gasteiger partial charge in [0.15, 0.2) is 0 Å². The molecule has 0 bridgehead atoms. The van der Waals surface area contributed by atoms with Crippen molar-refractivity contribution in [2.24, 2.45) is 5.73 Å². The highest BCUT2D eigenvalue weighted by Gasteiger charge is 2.05. The highest BCUT2D eigenvalue weighted by Crippen LogP contribution is 2.30. The van der Waals surface area contributed by atoms with Gasteiger partial charge in [-0.25, -0.2) is 0 Å². The number of nitrogens with two attached hydrogens (primary N) is 1. The molecule has 0 spiro atoms. The van der Waals surface area contributed by atoms with Crippen molar-refractivity contribution in [2.45, 2.75) is 13.3 Å². The van der Waals surface area contributed by atoms with E-state index in [1.807, 2.05) is 25.1 Å². The van der Waals surface area contributed by atoms with Gasteiger partial charge < -0.3 is 10.5 Å². The SMILES string of the molecule is CCOc1ccccc1-c1cccc(CCN)c1. The van der Waals surface area contributed by atoms with Crippen molar-refractivity contribution in [3.8, 4) is 16.9 Å². The van der Waals surface area contributed by atoms with Gasteiger partial charge >= 0.3 is 0 Å². The van der Waals surface area contributed by atoms with Crippen LogP contribution < -0.4 is 10.5 Å². The number of para-hydroxylation sites is 1. The van der Waals surface area contributed by atoms with Gasteiger partial charge in [0.2, 0.25) is 0 Å². The third-order valence-electron chi connectivity index (χ3n) is 2.86. The number of rotatable bonds is 5. The normalized spacial score (nSPS) is 10.3. The number of benzene rings is 2. The molecule has 0 atom stereocenters. The zero-order valence-electron chi connectivity index (χ0n) is 10.7. The van der Waals surface area contributed by atoms with Crippen molar-refractivity contribution < 1.29 is 4.74 Å². The maximum absolute atomic E-state index is 5.67. The summed E-state index contributed by atoms with van der Waals surface area (Å²) in [7, 11) is 0. The van der Waals surface area contributed by atoms with Gasteiger partial charge in [-0.1, -0.05) is 42.5 Å². The van der Waals surface area contributed by atoms with Gasteiger partial charge in [-0.05, 0) is 37.1 Å². The fraction of sp³-hybridized carbons (Fsp3) is 0.250. The summed E-state index contributed by atoms with van der Waals surface area (Å²) in [5, 5.41) is 0. The van der Waals surface area contributed by atoms with Crippen molar-refractivity contribution in [3.05, 3.63) is 54.1 Å². The molecule has 2 aromatic carbocycles. The molecule has 0 unspecified atom stereocenters. The van der Waals surface area contributed by atoms with Crippen LogP contribution in [-0.2, 0) is 6.42 Å². The van der Waals surface area contributed by atoms with E-state index in [2.05, 4.69) is 30.3 Å². The van der Waals surface area contributed by atoms with Gasteiger partial charge in [0.05, 0.1) is 6.61 Å². The van der Waals surface area contributed by atoms with E-state index in [-0.39, 0.29) is 0 Å². The average Bonchev–Trinajstić information content (AvgIpc) is 2.40. The number of hydrogen-bond donors (Lipinski definition) is 1. The van der Waals surface area contributed by atoms with Crippen LogP contribution in [0.1, 0.15) is 12.5 Å². The van der Waals surface area contributed by atoms with E-state index >= 15 is 0 Å². The molecular weight excluding hydrogens is 222 g/mol. The fourth-order valence-corrected chi connectivity index (χ4v) is 2.05. The second-order valence-corrected chi connectivity index (χ2v) is 4.17. The summed E-state index contributed by atoms with van der Waals surface area (Å²) in [6.45, 7) is 3.36. The minimum Gasteiger partial charge on any atom is -0.493 e.